The lowest BCUT2D eigenvalue weighted by molar-refractivity contribution is 0.0562. The van der Waals surface area contributed by atoms with Crippen molar-refractivity contribution in [2.75, 3.05) is 7.11 Å². The van der Waals surface area contributed by atoms with Gasteiger partial charge >= 0.3 is 5.97 Å². The van der Waals surface area contributed by atoms with E-state index in [1.807, 2.05) is 6.92 Å². The van der Waals surface area contributed by atoms with Crippen LogP contribution in [0, 0.1) is 6.92 Å². The number of hydrogen-bond donors (Lipinski definition) is 1. The zero-order valence-electron chi connectivity index (χ0n) is 12.8. The summed E-state index contributed by atoms with van der Waals surface area (Å²) in [5.74, 6) is 0.485. The summed E-state index contributed by atoms with van der Waals surface area (Å²) in [4.78, 5) is 11.4. The fourth-order valence-corrected chi connectivity index (χ4v) is 2.20. The topological polar surface area (TPSA) is 51.5 Å². The average molecular weight is 287 g/mol. The third-order valence-electron chi connectivity index (χ3n) is 3.52. The van der Waals surface area contributed by atoms with Gasteiger partial charge in [-0.15, -0.1) is 0 Å². The van der Waals surface area contributed by atoms with Crippen molar-refractivity contribution >= 4 is 5.97 Å². The summed E-state index contributed by atoms with van der Waals surface area (Å²) < 4.78 is 10.2. The Morgan fingerprint density at radius 1 is 1.10 bits per heavy atom. The van der Waals surface area contributed by atoms with Gasteiger partial charge < -0.3 is 14.5 Å². The molecule has 0 aliphatic rings. The molecule has 0 saturated carbocycles. The van der Waals surface area contributed by atoms with E-state index in [9.17, 15) is 4.79 Å². The molecule has 0 amide bonds. The van der Waals surface area contributed by atoms with E-state index in [-0.39, 0.29) is 17.8 Å². The van der Waals surface area contributed by atoms with Crippen LogP contribution in [0.2, 0.25) is 0 Å². The number of carbonyl (C=O) groups is 1. The van der Waals surface area contributed by atoms with Gasteiger partial charge in [-0.05, 0) is 38.5 Å². The van der Waals surface area contributed by atoms with Crippen LogP contribution in [0.4, 0.5) is 0 Å². The van der Waals surface area contributed by atoms with Gasteiger partial charge in [-0.2, -0.15) is 0 Å². The van der Waals surface area contributed by atoms with Gasteiger partial charge in [-0.3, -0.25) is 0 Å². The molecule has 0 saturated heterocycles. The largest absolute Gasteiger partial charge is 0.463 e. The number of methoxy groups -OCH3 is 1. The highest BCUT2D eigenvalue weighted by Gasteiger charge is 2.17. The number of carbonyl (C=O) groups excluding carboxylic acids is 1. The Morgan fingerprint density at radius 3 is 2.38 bits per heavy atom. The zero-order chi connectivity index (χ0) is 15.4. The summed E-state index contributed by atoms with van der Waals surface area (Å²) in [5, 5.41) is 3.46. The summed E-state index contributed by atoms with van der Waals surface area (Å²) in [6.07, 6.45) is 0. The quantitative estimate of drug-likeness (QED) is 0.850. The monoisotopic (exact) mass is 287 g/mol. The second kappa shape index (κ2) is 6.59. The van der Waals surface area contributed by atoms with Crippen molar-refractivity contribution in [1.29, 1.82) is 0 Å². The number of rotatable bonds is 5. The first-order chi connectivity index (χ1) is 10.0. The lowest BCUT2D eigenvalue weighted by Gasteiger charge is -2.19. The van der Waals surface area contributed by atoms with Crippen LogP contribution in [0.1, 0.15) is 53.4 Å². The Balaban J connectivity index is 2.03. The summed E-state index contributed by atoms with van der Waals surface area (Å²) >= 11 is 0. The first-order valence-corrected chi connectivity index (χ1v) is 7.02. The molecule has 0 spiro atoms. The molecule has 2 atom stereocenters. The third-order valence-corrected chi connectivity index (χ3v) is 3.52. The molecular formula is C17H21NO3. The number of ether oxygens (including phenoxy) is 1. The molecule has 0 aliphatic carbocycles. The molecule has 0 bridgehead atoms. The smallest absolute Gasteiger partial charge is 0.373 e. The molecule has 112 valence electrons. The van der Waals surface area contributed by atoms with Crippen LogP contribution in [0.5, 0.6) is 0 Å². The molecule has 4 nitrogen and oxygen atoms in total. The van der Waals surface area contributed by atoms with Crippen molar-refractivity contribution in [2.45, 2.75) is 32.9 Å². The van der Waals surface area contributed by atoms with Crippen LogP contribution in [0.3, 0.4) is 0 Å². The molecule has 1 heterocycles. The van der Waals surface area contributed by atoms with Gasteiger partial charge in [0.15, 0.2) is 0 Å². The van der Waals surface area contributed by atoms with E-state index in [1.165, 1.54) is 18.2 Å². The van der Waals surface area contributed by atoms with Crippen LogP contribution >= 0.6 is 0 Å². The highest BCUT2D eigenvalue weighted by Crippen LogP contribution is 2.21. The lowest BCUT2D eigenvalue weighted by Crippen LogP contribution is -2.22. The maximum atomic E-state index is 11.4. The summed E-state index contributed by atoms with van der Waals surface area (Å²) in [7, 11) is 1.34. The van der Waals surface area contributed by atoms with Crippen molar-refractivity contribution in [3.63, 3.8) is 0 Å². The second-order valence-corrected chi connectivity index (χ2v) is 5.21. The van der Waals surface area contributed by atoms with Gasteiger partial charge in [0, 0.05) is 6.04 Å². The highest BCUT2D eigenvalue weighted by molar-refractivity contribution is 5.86. The molecule has 21 heavy (non-hydrogen) atoms. The van der Waals surface area contributed by atoms with Crippen LogP contribution in [0.25, 0.3) is 0 Å². The van der Waals surface area contributed by atoms with Crippen molar-refractivity contribution in [1.82, 2.24) is 5.32 Å². The van der Waals surface area contributed by atoms with Crippen LogP contribution in [-0.2, 0) is 4.74 Å². The van der Waals surface area contributed by atoms with Crippen molar-refractivity contribution in [3.8, 4) is 0 Å². The van der Waals surface area contributed by atoms with E-state index in [4.69, 9.17) is 4.42 Å². The van der Waals surface area contributed by atoms with E-state index in [0.717, 1.165) is 5.76 Å². The van der Waals surface area contributed by atoms with Gasteiger partial charge in [-0.1, -0.05) is 29.8 Å². The van der Waals surface area contributed by atoms with Crippen molar-refractivity contribution in [3.05, 3.63) is 59.0 Å². The Morgan fingerprint density at radius 2 is 1.76 bits per heavy atom. The Labute approximate surface area is 125 Å². The fourth-order valence-electron chi connectivity index (χ4n) is 2.20. The Bertz CT molecular complexity index is 601. The molecule has 1 aromatic carbocycles. The van der Waals surface area contributed by atoms with Crippen LogP contribution < -0.4 is 5.32 Å². The van der Waals surface area contributed by atoms with E-state index in [2.05, 4.69) is 48.2 Å². The predicted molar refractivity (Wildman–Crippen MR) is 81.2 cm³/mol. The van der Waals surface area contributed by atoms with E-state index in [0.29, 0.717) is 0 Å². The molecule has 1 unspecified atom stereocenters. The predicted octanol–water partition coefficient (Wildman–Crippen LogP) is 3.79. The minimum Gasteiger partial charge on any atom is -0.463 e. The maximum absolute atomic E-state index is 11.4. The van der Waals surface area contributed by atoms with Gasteiger partial charge in [0.05, 0.1) is 13.2 Å². The van der Waals surface area contributed by atoms with Crippen molar-refractivity contribution in [2.24, 2.45) is 0 Å². The molecule has 2 rings (SSSR count). The van der Waals surface area contributed by atoms with Gasteiger partial charge in [0.1, 0.15) is 5.76 Å². The average Bonchev–Trinajstić information content (AvgIpc) is 2.97. The highest BCUT2D eigenvalue weighted by atomic mass is 16.5. The summed E-state index contributed by atoms with van der Waals surface area (Å²) in [5.41, 5.74) is 2.46. The SMILES string of the molecule is COC(=O)c1ccc(C(C)N[C@@H](C)c2ccc(C)cc2)o1. The third kappa shape index (κ3) is 3.73. The number of esters is 1. The number of furan rings is 1. The second-order valence-electron chi connectivity index (χ2n) is 5.21. The molecule has 2 aromatic rings. The number of benzene rings is 1. The Kier molecular flexibility index (Phi) is 4.81. The van der Waals surface area contributed by atoms with Crippen molar-refractivity contribution < 1.29 is 13.9 Å². The normalized spacial score (nSPS) is 13.7. The standard InChI is InChI=1S/C17H21NO3/c1-11-5-7-14(8-6-11)12(2)18-13(3)15-9-10-16(21-15)17(19)20-4/h5-10,12-13,18H,1-4H3/t12-,13?/m0/s1. The first kappa shape index (κ1) is 15.3. The maximum Gasteiger partial charge on any atom is 0.373 e. The summed E-state index contributed by atoms with van der Waals surface area (Å²) in [6, 6.07) is 12.0. The van der Waals surface area contributed by atoms with E-state index >= 15 is 0 Å². The molecule has 1 N–H and O–H groups in total. The first-order valence-electron chi connectivity index (χ1n) is 7.02. The van der Waals surface area contributed by atoms with E-state index in [1.54, 1.807) is 12.1 Å². The zero-order valence-corrected chi connectivity index (χ0v) is 12.8. The van der Waals surface area contributed by atoms with Gasteiger partial charge in [-0.25, -0.2) is 4.79 Å². The molecule has 1 aromatic heterocycles. The van der Waals surface area contributed by atoms with Crippen LogP contribution in [-0.4, -0.2) is 13.1 Å². The van der Waals surface area contributed by atoms with E-state index < -0.39 is 5.97 Å². The molecular weight excluding hydrogens is 266 g/mol. The lowest BCUT2D eigenvalue weighted by atomic mass is 10.1. The molecule has 0 fully saturated rings. The number of nitrogens with one attached hydrogen (secondary N) is 1. The summed E-state index contributed by atoms with van der Waals surface area (Å²) in [6.45, 7) is 6.18. The van der Waals surface area contributed by atoms with Gasteiger partial charge in [0.25, 0.3) is 0 Å². The number of hydrogen-bond acceptors (Lipinski definition) is 4. The fraction of sp³-hybridized carbons (Fsp3) is 0.353. The molecule has 0 radical (unpaired) electrons. The number of aryl methyl sites for hydroxylation is 1. The van der Waals surface area contributed by atoms with Gasteiger partial charge in [0.2, 0.25) is 5.76 Å². The molecule has 0 aliphatic heterocycles. The Hall–Kier alpha value is -2.07. The minimum absolute atomic E-state index is 0.000269. The molecule has 4 heteroatoms. The van der Waals surface area contributed by atoms with Crippen LogP contribution in [0.15, 0.2) is 40.8 Å². The minimum atomic E-state index is -0.458.